The maximum atomic E-state index is 7.11. The van der Waals surface area contributed by atoms with Crippen LogP contribution in [0.1, 0.15) is 103 Å². The molecule has 0 radical (unpaired) electrons. The summed E-state index contributed by atoms with van der Waals surface area (Å²) in [5, 5.41) is 0. The molecular weight excluding hydrogens is 790 g/mol. The zero-order chi connectivity index (χ0) is 42.1. The van der Waals surface area contributed by atoms with Gasteiger partial charge in [-0.25, -0.2) is 4.84 Å². The Morgan fingerprint density at radius 3 is 1.56 bits per heavy atom. The van der Waals surface area contributed by atoms with Crippen LogP contribution in [0, 0.1) is 34.5 Å². The zero-order valence-electron chi connectivity index (χ0n) is 38.0. The van der Waals surface area contributed by atoms with Crippen molar-refractivity contribution >= 4 is 42.5 Å². The molecule has 8 nitrogen and oxygen atoms in total. The van der Waals surface area contributed by atoms with Crippen molar-refractivity contribution in [2.75, 3.05) is 13.2 Å². The van der Waals surface area contributed by atoms with Gasteiger partial charge in [-0.05, 0) is 111 Å². The summed E-state index contributed by atoms with van der Waals surface area (Å²) in [5.41, 5.74) is 2.99. The molecule has 2 aromatic rings. The van der Waals surface area contributed by atoms with Gasteiger partial charge in [0.05, 0.1) is 42.6 Å². The number of halogens is 1. The molecular formula is C46H71B2ClN2O6Si2. The summed E-state index contributed by atoms with van der Waals surface area (Å²) in [7, 11) is -3.71. The minimum absolute atomic E-state index is 0.0563. The predicted octanol–water partition coefficient (Wildman–Crippen LogP) is 10.1. The number of nitrogens with zero attached hydrogens (tertiary/aromatic N) is 1. The van der Waals surface area contributed by atoms with Gasteiger partial charge in [-0.15, -0.1) is 0 Å². The first kappa shape index (κ1) is 42.9. The van der Waals surface area contributed by atoms with Crippen molar-refractivity contribution in [3.8, 4) is 11.5 Å². The van der Waals surface area contributed by atoms with Crippen molar-refractivity contribution in [1.82, 2.24) is 9.07 Å². The molecule has 4 bridgehead atoms. The molecule has 2 unspecified atom stereocenters. The summed E-state index contributed by atoms with van der Waals surface area (Å²) >= 11 is 6.15. The standard InChI is InChI=1S/C26H44BNO3Si2.C20H27BClNO3/c1-25(2)19-15-22(25)26(3)23(16-19)30-27(31-26)24(28(32(4,5)6)33(7,8)9)14-18-17-29-21-13-11-10-12-20(18)21;1-19(2)13-9-16(19)20(3)17(10-13)25-21(26-20)18(23-22)8-12-11-24-15-7-5-4-6-14(12)15/h10-13,18-19,22-24H,14-17H2,1-9H3;4-7,12-13,16-18,23H,8-11H2,1-3H3/t18?,19-,22-,23+,24-,26-;12?,13-,16-,17+,18-,20-/m00/s1. The average molecular weight is 861 g/mol. The molecule has 10 aliphatic rings. The van der Waals surface area contributed by atoms with Crippen LogP contribution < -0.4 is 14.3 Å². The lowest BCUT2D eigenvalue weighted by atomic mass is 9.43. The smallest absolute Gasteiger partial charge is 0.477 e. The highest BCUT2D eigenvalue weighted by atomic mass is 35.5. The van der Waals surface area contributed by atoms with Crippen LogP contribution in [-0.2, 0) is 18.6 Å². The molecule has 6 saturated carbocycles. The third-order valence-corrected chi connectivity index (χ3v) is 25.0. The van der Waals surface area contributed by atoms with E-state index in [1.807, 2.05) is 12.1 Å². The summed E-state index contributed by atoms with van der Waals surface area (Å²) in [5.74, 6) is 5.67. The van der Waals surface area contributed by atoms with Gasteiger partial charge in [-0.3, -0.25) is 0 Å². The topological polar surface area (TPSA) is 70.7 Å². The summed E-state index contributed by atoms with van der Waals surface area (Å²) in [6, 6.07) is 16.9. The molecule has 8 fully saturated rings. The highest BCUT2D eigenvalue weighted by Crippen LogP contribution is 2.67. The summed E-state index contributed by atoms with van der Waals surface area (Å²) in [4.78, 5) is 2.94. The molecule has 59 heavy (non-hydrogen) atoms. The molecule has 4 aliphatic heterocycles. The normalized spacial score (nSPS) is 37.7. The second-order valence-electron chi connectivity index (χ2n) is 23.2. The number of hydrogen-bond donors (Lipinski definition) is 1. The van der Waals surface area contributed by atoms with E-state index in [-0.39, 0.29) is 49.5 Å². The lowest BCUT2D eigenvalue weighted by molar-refractivity contribution is -0.199. The van der Waals surface area contributed by atoms with Crippen molar-refractivity contribution in [1.29, 1.82) is 0 Å². The Kier molecular flexibility index (Phi) is 10.8. The van der Waals surface area contributed by atoms with Crippen LogP contribution in [-0.4, -0.2) is 83.4 Å². The van der Waals surface area contributed by atoms with Crippen molar-refractivity contribution in [2.24, 2.45) is 34.5 Å². The quantitative estimate of drug-likeness (QED) is 0.187. The first-order chi connectivity index (χ1) is 27.7. The van der Waals surface area contributed by atoms with E-state index in [1.165, 1.54) is 24.0 Å². The Morgan fingerprint density at radius 2 is 1.10 bits per heavy atom. The maximum Gasteiger partial charge on any atom is 0.477 e. The molecule has 6 aliphatic carbocycles. The van der Waals surface area contributed by atoms with Crippen LogP contribution in [0.25, 0.3) is 0 Å². The number of fused-ring (bicyclic) bond motifs is 2. The van der Waals surface area contributed by atoms with E-state index in [0.717, 1.165) is 55.6 Å². The number of rotatable bonds is 10. The van der Waals surface area contributed by atoms with Gasteiger partial charge in [0.15, 0.2) is 0 Å². The highest BCUT2D eigenvalue weighted by Gasteiger charge is 2.70. The van der Waals surface area contributed by atoms with Gasteiger partial charge in [0, 0.05) is 28.9 Å². The van der Waals surface area contributed by atoms with Crippen LogP contribution in [0.2, 0.25) is 39.3 Å². The molecule has 1 N–H and O–H groups in total. The first-order valence-electron chi connectivity index (χ1n) is 22.9. The largest absolute Gasteiger partial charge is 0.493 e. The predicted molar refractivity (Wildman–Crippen MR) is 244 cm³/mol. The monoisotopic (exact) mass is 860 g/mol. The molecule has 12 rings (SSSR count). The Morgan fingerprint density at radius 1 is 0.661 bits per heavy atom. The molecule has 322 valence electrons. The fourth-order valence-corrected chi connectivity index (χ4v) is 24.8. The van der Waals surface area contributed by atoms with Crippen molar-refractivity contribution in [2.45, 2.75) is 166 Å². The minimum Gasteiger partial charge on any atom is -0.493 e. The van der Waals surface area contributed by atoms with Crippen LogP contribution >= 0.6 is 11.8 Å². The Hall–Kier alpha value is -1.35. The second-order valence-corrected chi connectivity index (χ2v) is 33.5. The van der Waals surface area contributed by atoms with Crippen LogP contribution in [0.4, 0.5) is 0 Å². The van der Waals surface area contributed by atoms with Crippen LogP contribution in [0.15, 0.2) is 48.5 Å². The number of nitrogens with one attached hydrogen (secondary N) is 1. The second kappa shape index (κ2) is 14.9. The molecule has 0 spiro atoms. The van der Waals surface area contributed by atoms with Crippen LogP contribution in [0.5, 0.6) is 11.5 Å². The number of benzene rings is 2. The van der Waals surface area contributed by atoms with Gasteiger partial charge in [0.1, 0.15) is 28.0 Å². The summed E-state index contributed by atoms with van der Waals surface area (Å²) in [6.07, 6.45) is 7.11. The van der Waals surface area contributed by atoms with E-state index in [4.69, 9.17) is 39.9 Å². The number of hydrogen-bond acceptors (Lipinski definition) is 8. The summed E-state index contributed by atoms with van der Waals surface area (Å²) in [6.45, 7) is 30.7. The van der Waals surface area contributed by atoms with E-state index in [0.29, 0.717) is 41.1 Å². The molecule has 13 heteroatoms. The van der Waals surface area contributed by atoms with Gasteiger partial charge in [0.25, 0.3) is 0 Å². The Balaban J connectivity index is 0.000000156. The molecule has 2 saturated heterocycles. The van der Waals surface area contributed by atoms with Crippen molar-refractivity contribution < 1.29 is 28.1 Å². The number of ether oxygens (including phenoxy) is 2. The molecule has 12 atom stereocenters. The van der Waals surface area contributed by atoms with Gasteiger partial charge >= 0.3 is 14.2 Å². The molecule has 0 amide bonds. The fourth-order valence-electron chi connectivity index (χ4n) is 14.1. The zero-order valence-corrected chi connectivity index (χ0v) is 40.7. The van der Waals surface area contributed by atoms with E-state index < -0.39 is 16.5 Å². The van der Waals surface area contributed by atoms with Gasteiger partial charge < -0.3 is 32.3 Å². The van der Waals surface area contributed by atoms with Crippen molar-refractivity contribution in [3.05, 3.63) is 59.7 Å². The molecule has 2 aromatic carbocycles. The van der Waals surface area contributed by atoms with E-state index in [1.54, 1.807) is 0 Å². The lowest BCUT2D eigenvalue weighted by Crippen LogP contribution is -2.68. The van der Waals surface area contributed by atoms with E-state index in [2.05, 4.69) is 126 Å². The van der Waals surface area contributed by atoms with E-state index in [9.17, 15) is 0 Å². The third-order valence-electron chi connectivity index (χ3n) is 17.2. The maximum absolute atomic E-state index is 7.11. The molecule has 4 heterocycles. The number of para-hydroxylation sites is 2. The first-order valence-corrected chi connectivity index (χ1v) is 30.2. The van der Waals surface area contributed by atoms with E-state index >= 15 is 0 Å². The Bertz CT molecular complexity index is 1880. The average Bonchev–Trinajstić information content (AvgIpc) is 3.94. The van der Waals surface area contributed by atoms with Gasteiger partial charge in [0.2, 0.25) is 0 Å². The SMILES string of the molecule is CC1(C)[C@@H]2C[C@H]3OB([C@H](CC4COc5ccccc54)N([Si](C)(C)C)[Si](C)(C)C)O[C@@]3(C)[C@H]1C2.CC1(C)[C@@H]2C[C@H]3OB([C@H](CC4COc5ccccc54)NCl)O[C@@]3(C)[C@H]1C2. The highest BCUT2D eigenvalue weighted by molar-refractivity contribution is 6.90. The van der Waals surface area contributed by atoms with Crippen LogP contribution in [0.3, 0.4) is 0 Å². The molecule has 0 aromatic heterocycles. The Labute approximate surface area is 363 Å². The lowest BCUT2D eigenvalue weighted by Gasteiger charge is -2.64. The third kappa shape index (κ3) is 7.08. The van der Waals surface area contributed by atoms with Crippen molar-refractivity contribution in [3.63, 3.8) is 0 Å². The van der Waals surface area contributed by atoms with Gasteiger partial charge in [-0.1, -0.05) is 103 Å². The van der Waals surface area contributed by atoms with Gasteiger partial charge in [-0.2, -0.15) is 0 Å². The minimum atomic E-state index is -1.63. The summed E-state index contributed by atoms with van der Waals surface area (Å²) < 4.78 is 41.9. The fraction of sp³-hybridized carbons (Fsp3) is 0.739.